The lowest BCUT2D eigenvalue weighted by molar-refractivity contribution is -1.09. The number of hydrogen-bond acceptors (Lipinski definition) is 16. The fraction of sp³-hybridized carbons (Fsp3) is 0.581. The van der Waals surface area contributed by atoms with Crippen LogP contribution in [0.2, 0.25) is 0 Å². The molecule has 0 bridgehead atoms. The van der Waals surface area contributed by atoms with Crippen LogP contribution in [0, 0.1) is 11.8 Å². The number of amides is 2. The van der Waals surface area contributed by atoms with Crippen LogP contribution in [-0.2, 0) is 28.5 Å². The summed E-state index contributed by atoms with van der Waals surface area (Å²) in [5.74, 6) is -1.45. The van der Waals surface area contributed by atoms with Crippen LogP contribution in [0.25, 0.3) is 0 Å². The van der Waals surface area contributed by atoms with Crippen molar-refractivity contribution in [3.05, 3.63) is 132 Å². The Kier molecular flexibility index (Phi) is 25.0. The zero-order chi connectivity index (χ0) is 59.5. The lowest BCUT2D eigenvalue weighted by Gasteiger charge is -2.37. The fourth-order valence-corrected chi connectivity index (χ4v) is 9.76. The predicted molar refractivity (Wildman–Crippen MR) is 307 cm³/mol. The highest BCUT2D eigenvalue weighted by molar-refractivity contribution is 5.71. The molecule has 2 amide bonds. The molecule has 6 rings (SSSR count). The van der Waals surface area contributed by atoms with Crippen LogP contribution in [0.15, 0.2) is 121 Å². The van der Waals surface area contributed by atoms with E-state index in [1.807, 2.05) is 121 Å². The van der Waals surface area contributed by atoms with Crippen molar-refractivity contribution in [3.63, 3.8) is 0 Å². The van der Waals surface area contributed by atoms with Crippen LogP contribution in [0.1, 0.15) is 117 Å². The zero-order valence-corrected chi connectivity index (χ0v) is 49.3. The molecule has 2 saturated heterocycles. The average Bonchev–Trinajstić information content (AvgIpc) is 3.43. The molecule has 0 spiro atoms. The van der Waals surface area contributed by atoms with E-state index in [4.69, 9.17) is 18.9 Å². The predicted octanol–water partition coefficient (Wildman–Crippen LogP) is 7.58. The molecule has 446 valence electrons. The first kappa shape index (κ1) is 65.7. The largest absolute Gasteiger partial charge is 0.457 e. The minimum atomic E-state index is -1.49. The molecule has 6 heterocycles. The number of carbonyl (C=O) groups is 4. The number of aromatic nitrogens is 2. The summed E-state index contributed by atoms with van der Waals surface area (Å²) in [4.78, 5) is 65.5. The molecule has 19 nitrogen and oxygen atoms in total. The molecule has 0 aromatic carbocycles. The van der Waals surface area contributed by atoms with Crippen molar-refractivity contribution in [3.8, 4) is 0 Å². The molecular formula is C62H91N6O13+. The quantitative estimate of drug-likeness (QED) is 0.0506. The number of hydroxylamine groups is 3. The van der Waals surface area contributed by atoms with E-state index in [0.29, 0.717) is 39.3 Å². The molecular weight excluding hydrogens is 1040 g/mol. The Bertz CT molecular complexity index is 2510. The van der Waals surface area contributed by atoms with Gasteiger partial charge in [-0.05, 0) is 108 Å². The minimum Gasteiger partial charge on any atom is -0.457 e. The Balaban J connectivity index is 0.000000297. The van der Waals surface area contributed by atoms with Gasteiger partial charge in [0.1, 0.15) is 36.5 Å². The molecule has 0 unspecified atom stereocenters. The fourth-order valence-electron chi connectivity index (χ4n) is 9.76. The third-order valence-electron chi connectivity index (χ3n) is 15.6. The van der Waals surface area contributed by atoms with Gasteiger partial charge < -0.3 is 49.2 Å². The molecule has 2 fully saturated rings. The number of nitrogens with zero attached hydrogens (tertiary/aromatic N) is 6. The van der Waals surface area contributed by atoms with E-state index in [-0.39, 0.29) is 66.8 Å². The van der Waals surface area contributed by atoms with Crippen LogP contribution in [0.4, 0.5) is 9.59 Å². The van der Waals surface area contributed by atoms with Crippen molar-refractivity contribution in [1.82, 2.24) is 24.7 Å². The van der Waals surface area contributed by atoms with Gasteiger partial charge in [-0.2, -0.15) is 4.65 Å². The Morgan fingerprint density at radius 2 is 1.07 bits per heavy atom. The first-order valence-electron chi connectivity index (χ1n) is 28.5. The average molecular weight is 1130 g/mol. The van der Waals surface area contributed by atoms with Crippen molar-refractivity contribution in [2.45, 2.75) is 154 Å². The number of likely N-dealkylation sites (N-methyl/N-ethyl adjacent to an activating group) is 2. The third kappa shape index (κ3) is 21.3. The number of carbonyl (C=O) groups excluding carboxylic acids is 4. The van der Waals surface area contributed by atoms with Gasteiger partial charge in [0.05, 0.1) is 45.2 Å². The highest BCUT2D eigenvalue weighted by Gasteiger charge is 2.40. The summed E-state index contributed by atoms with van der Waals surface area (Å²) in [7, 11) is 3.69. The van der Waals surface area contributed by atoms with Gasteiger partial charge in [0.2, 0.25) is 0 Å². The summed E-state index contributed by atoms with van der Waals surface area (Å²) in [6.45, 7) is 18.8. The summed E-state index contributed by atoms with van der Waals surface area (Å²) in [6.07, 6.45) is 16.0. The SMILES string of the molecule is C/C(=C\C=C\[C@@H](C)c1ccccn1)[C@H]1OC(=O)C[C@H](O)CC[C@@](C)(O)[C@@H](OC(=O)N2CCN(C)CC2)/C=C/[C@@H]1C.C/C(=C\C=C\[C@@H](C)c1ccccn1)[C@H]1OC(=O)C[C@H](O)CC[C@@](C)(O)[C@@H](OC(=O)N2CC[N+](C)(O)CC2)/C=C/[C@@H]1C. The molecule has 0 aliphatic carbocycles. The van der Waals surface area contributed by atoms with E-state index >= 15 is 0 Å². The van der Waals surface area contributed by atoms with E-state index in [9.17, 15) is 44.8 Å². The monoisotopic (exact) mass is 1130 g/mol. The van der Waals surface area contributed by atoms with E-state index in [0.717, 1.165) is 35.6 Å². The van der Waals surface area contributed by atoms with Crippen LogP contribution in [0.3, 0.4) is 0 Å². The molecule has 0 saturated carbocycles. The summed E-state index contributed by atoms with van der Waals surface area (Å²) in [5.41, 5.74) is 0.589. The molecule has 0 radical (unpaired) electrons. The number of cyclic esters (lactones) is 2. The first-order chi connectivity index (χ1) is 38.2. The van der Waals surface area contributed by atoms with Crippen LogP contribution >= 0.6 is 0 Å². The molecule has 4 aliphatic rings. The van der Waals surface area contributed by atoms with Gasteiger partial charge in [-0.3, -0.25) is 24.5 Å². The number of aliphatic hydroxyl groups excluding tert-OH is 2. The number of allylic oxidation sites excluding steroid dienone is 6. The number of rotatable bonds is 10. The van der Waals surface area contributed by atoms with Gasteiger partial charge in [0, 0.05) is 73.6 Å². The maximum Gasteiger partial charge on any atom is 0.410 e. The number of pyridine rings is 2. The minimum absolute atomic E-state index is 0.0919. The lowest BCUT2D eigenvalue weighted by Crippen LogP contribution is -2.57. The maximum absolute atomic E-state index is 13.0. The van der Waals surface area contributed by atoms with Crippen molar-refractivity contribution in [2.75, 3.05) is 66.5 Å². The first-order valence-corrected chi connectivity index (χ1v) is 28.5. The Labute approximate surface area is 479 Å². The third-order valence-corrected chi connectivity index (χ3v) is 15.6. The van der Waals surface area contributed by atoms with Crippen molar-refractivity contribution in [2.24, 2.45) is 11.8 Å². The summed E-state index contributed by atoms with van der Waals surface area (Å²) < 4.78 is 23.1. The van der Waals surface area contributed by atoms with E-state index in [1.165, 1.54) is 4.90 Å². The summed E-state index contributed by atoms with van der Waals surface area (Å²) in [6, 6.07) is 11.6. The Hall–Kier alpha value is -6.06. The van der Waals surface area contributed by atoms with E-state index in [1.54, 1.807) is 56.4 Å². The van der Waals surface area contributed by atoms with Gasteiger partial charge in [-0.1, -0.05) is 88.4 Å². The standard InChI is InChI=1S/C31H46N3O7.C31H45N3O6/c1-22(26-11-6-7-16-32-26)9-8-10-23(2)29-24(3)12-13-27(31(4,38)15-14-25(35)21-28(36)41-29)40-30(37)33-17-19-34(5,39)20-18-33;1-22(26-11-6-7-16-32-26)9-8-10-23(2)29-24(3)12-13-27(39-30(37)34-19-17-33(5)18-20-34)31(4,38)15-14-25(35)21-28(36)40-29/h6-13,16,22,24-25,27,29,35,38-39H,14-15,17-21H2,1-5H3;6-13,16,22,24-25,27,29,35,38H,14-15,17-21H2,1-5H3/q+1;/b2*9-8+,13-12+,23-10+/t2*22-,24+,25-,27+,29-,31-/m11/s1. The molecule has 19 heteroatoms. The molecule has 2 aromatic heterocycles. The number of hydrogen-bond donors (Lipinski definition) is 5. The lowest BCUT2D eigenvalue weighted by atomic mass is 9.88. The second kappa shape index (κ2) is 30.8. The number of quaternary nitrogens is 1. The second-order valence-electron chi connectivity index (χ2n) is 23.2. The smallest absolute Gasteiger partial charge is 0.410 e. The van der Waals surface area contributed by atoms with Crippen molar-refractivity contribution >= 4 is 24.1 Å². The van der Waals surface area contributed by atoms with Gasteiger partial charge in [0.15, 0.2) is 12.2 Å². The van der Waals surface area contributed by atoms with Gasteiger partial charge in [-0.15, -0.1) is 0 Å². The second-order valence-corrected chi connectivity index (χ2v) is 23.2. The summed E-state index contributed by atoms with van der Waals surface area (Å²) in [5, 5.41) is 53.8. The van der Waals surface area contributed by atoms with Crippen LogP contribution in [-0.4, -0.2) is 193 Å². The molecule has 2 aromatic rings. The Morgan fingerprint density at radius 1 is 0.679 bits per heavy atom. The number of piperazine rings is 2. The van der Waals surface area contributed by atoms with Crippen molar-refractivity contribution in [1.29, 1.82) is 0 Å². The van der Waals surface area contributed by atoms with Crippen molar-refractivity contribution < 1.29 is 68.4 Å². The molecule has 4 aliphatic heterocycles. The maximum atomic E-state index is 13.0. The van der Waals surface area contributed by atoms with E-state index in [2.05, 4.69) is 21.8 Å². The number of aliphatic hydroxyl groups is 4. The number of esters is 2. The van der Waals surface area contributed by atoms with Gasteiger partial charge in [0.25, 0.3) is 0 Å². The van der Waals surface area contributed by atoms with E-state index < -0.39 is 72.0 Å². The molecule has 5 N–H and O–H groups in total. The van der Waals surface area contributed by atoms with Crippen LogP contribution in [0.5, 0.6) is 0 Å². The zero-order valence-electron chi connectivity index (χ0n) is 49.3. The highest BCUT2D eigenvalue weighted by atomic mass is 16.6. The molecule has 12 atom stereocenters. The Morgan fingerprint density at radius 3 is 1.46 bits per heavy atom. The van der Waals surface area contributed by atoms with Gasteiger partial charge >= 0.3 is 24.1 Å². The van der Waals surface area contributed by atoms with Crippen LogP contribution < -0.4 is 0 Å². The van der Waals surface area contributed by atoms with Gasteiger partial charge in [-0.25, -0.2) is 14.8 Å². The molecule has 81 heavy (non-hydrogen) atoms. The number of ether oxygens (including phenoxy) is 4. The normalized spacial score (nSPS) is 31.3. The summed E-state index contributed by atoms with van der Waals surface area (Å²) >= 11 is 0. The topological polar surface area (TPSA) is 242 Å². The highest BCUT2D eigenvalue weighted by Crippen LogP contribution is 2.30.